The number of nitrogens with one attached hydrogen (secondary N) is 1. The number of rotatable bonds is 3. The van der Waals surface area contributed by atoms with Crippen LogP contribution in [0.4, 0.5) is 0 Å². The molecule has 2 aliphatic rings. The molecular weight excluding hydrogens is 192 g/mol. The van der Waals surface area contributed by atoms with Crippen molar-refractivity contribution < 1.29 is 9.53 Å². The Morgan fingerprint density at radius 1 is 1.33 bits per heavy atom. The molecule has 2 atom stereocenters. The quantitative estimate of drug-likeness (QED) is 0.705. The van der Waals surface area contributed by atoms with Crippen molar-refractivity contribution in [1.82, 2.24) is 5.32 Å². The fourth-order valence-corrected chi connectivity index (χ4v) is 2.43. The Morgan fingerprint density at radius 3 is 2.67 bits per heavy atom. The largest absolute Gasteiger partial charge is 0.379 e. The molecule has 1 aliphatic carbocycles. The second-order valence-corrected chi connectivity index (χ2v) is 4.70. The molecule has 1 amide bonds. The Balaban J connectivity index is 1.71. The van der Waals surface area contributed by atoms with Crippen LogP contribution in [0.25, 0.3) is 0 Å². The first-order chi connectivity index (χ1) is 7.27. The van der Waals surface area contributed by atoms with Crippen molar-refractivity contribution >= 4 is 5.91 Å². The van der Waals surface area contributed by atoms with Gasteiger partial charge in [0.2, 0.25) is 5.91 Å². The summed E-state index contributed by atoms with van der Waals surface area (Å²) >= 11 is 0. The van der Waals surface area contributed by atoms with Crippen molar-refractivity contribution in [3.8, 4) is 0 Å². The number of nitrogens with two attached hydrogens (primary N) is 1. The summed E-state index contributed by atoms with van der Waals surface area (Å²) in [5.41, 5.74) is 5.78. The average molecular weight is 212 g/mol. The molecule has 2 unspecified atom stereocenters. The lowest BCUT2D eigenvalue weighted by Crippen LogP contribution is -2.42. The smallest absolute Gasteiger partial charge is 0.227 e. The minimum Gasteiger partial charge on any atom is -0.379 e. The maximum absolute atomic E-state index is 11.7. The summed E-state index contributed by atoms with van der Waals surface area (Å²) in [5.74, 6) is 0.630. The zero-order valence-electron chi connectivity index (χ0n) is 9.08. The van der Waals surface area contributed by atoms with Crippen molar-refractivity contribution in [1.29, 1.82) is 0 Å². The first-order valence-corrected chi connectivity index (χ1v) is 5.88. The third-order valence-electron chi connectivity index (χ3n) is 3.50. The van der Waals surface area contributed by atoms with Gasteiger partial charge in [-0.1, -0.05) is 12.8 Å². The van der Waals surface area contributed by atoms with Gasteiger partial charge in [-0.15, -0.1) is 0 Å². The normalized spacial score (nSPS) is 32.1. The van der Waals surface area contributed by atoms with E-state index in [-0.39, 0.29) is 17.9 Å². The van der Waals surface area contributed by atoms with Gasteiger partial charge in [0, 0.05) is 12.6 Å². The van der Waals surface area contributed by atoms with Gasteiger partial charge in [0.05, 0.1) is 19.1 Å². The van der Waals surface area contributed by atoms with Gasteiger partial charge in [0.1, 0.15) is 0 Å². The standard InChI is InChI=1S/C11H20N2O2/c12-10-7-15-6-9(10)11(14)13-5-8-3-1-2-4-8/h8-10H,1-7,12H2,(H,13,14). The lowest BCUT2D eigenvalue weighted by atomic mass is 10.0. The summed E-state index contributed by atoms with van der Waals surface area (Å²) in [5, 5.41) is 3.00. The topological polar surface area (TPSA) is 64.3 Å². The first kappa shape index (κ1) is 10.9. The Labute approximate surface area is 90.5 Å². The van der Waals surface area contributed by atoms with Crippen LogP contribution >= 0.6 is 0 Å². The van der Waals surface area contributed by atoms with Crippen LogP contribution in [0.2, 0.25) is 0 Å². The number of hydrogen-bond donors (Lipinski definition) is 2. The lowest BCUT2D eigenvalue weighted by molar-refractivity contribution is -0.125. The van der Waals surface area contributed by atoms with E-state index in [4.69, 9.17) is 10.5 Å². The second-order valence-electron chi connectivity index (χ2n) is 4.70. The Kier molecular flexibility index (Phi) is 3.59. The molecule has 0 radical (unpaired) electrons. The minimum absolute atomic E-state index is 0.0758. The number of carbonyl (C=O) groups is 1. The van der Waals surface area contributed by atoms with Crippen LogP contribution < -0.4 is 11.1 Å². The molecule has 1 heterocycles. The van der Waals surface area contributed by atoms with Crippen molar-refractivity contribution in [2.45, 2.75) is 31.7 Å². The molecule has 0 aromatic carbocycles. The van der Waals surface area contributed by atoms with Crippen molar-refractivity contribution in [3.05, 3.63) is 0 Å². The Hall–Kier alpha value is -0.610. The van der Waals surface area contributed by atoms with Gasteiger partial charge in [0.25, 0.3) is 0 Å². The summed E-state index contributed by atoms with van der Waals surface area (Å²) < 4.78 is 5.18. The summed E-state index contributed by atoms with van der Waals surface area (Å²) in [6.45, 7) is 1.82. The van der Waals surface area contributed by atoms with Crippen LogP contribution in [0.5, 0.6) is 0 Å². The van der Waals surface area contributed by atoms with Crippen LogP contribution in [0.1, 0.15) is 25.7 Å². The van der Waals surface area contributed by atoms with Crippen LogP contribution in [-0.4, -0.2) is 31.7 Å². The number of ether oxygens (including phenoxy) is 1. The molecule has 0 spiro atoms. The maximum atomic E-state index is 11.7. The maximum Gasteiger partial charge on any atom is 0.227 e. The average Bonchev–Trinajstić information content (AvgIpc) is 2.84. The molecule has 0 aromatic rings. The predicted molar refractivity (Wildman–Crippen MR) is 57.3 cm³/mol. The van der Waals surface area contributed by atoms with Crippen LogP contribution in [0, 0.1) is 11.8 Å². The van der Waals surface area contributed by atoms with Crippen molar-refractivity contribution in [2.24, 2.45) is 17.6 Å². The van der Waals surface area contributed by atoms with E-state index >= 15 is 0 Å². The molecule has 2 fully saturated rings. The molecule has 2 rings (SSSR count). The fraction of sp³-hybridized carbons (Fsp3) is 0.909. The molecular formula is C11H20N2O2. The van der Waals surface area contributed by atoms with Gasteiger partial charge in [-0.25, -0.2) is 0 Å². The highest BCUT2D eigenvalue weighted by molar-refractivity contribution is 5.79. The third kappa shape index (κ3) is 2.69. The molecule has 86 valence electrons. The lowest BCUT2D eigenvalue weighted by Gasteiger charge is -2.15. The third-order valence-corrected chi connectivity index (χ3v) is 3.50. The molecule has 0 aromatic heterocycles. The van der Waals surface area contributed by atoms with Crippen molar-refractivity contribution in [2.75, 3.05) is 19.8 Å². The van der Waals surface area contributed by atoms with E-state index in [1.807, 2.05) is 0 Å². The summed E-state index contributed by atoms with van der Waals surface area (Å²) in [6.07, 6.45) is 5.14. The predicted octanol–water partition coefficient (Wildman–Crippen LogP) is 0.266. The van der Waals surface area contributed by atoms with Crippen LogP contribution in [0.3, 0.4) is 0 Å². The number of carbonyl (C=O) groups excluding carboxylic acids is 1. The van der Waals surface area contributed by atoms with Gasteiger partial charge < -0.3 is 15.8 Å². The fourth-order valence-electron chi connectivity index (χ4n) is 2.43. The van der Waals surface area contributed by atoms with Crippen LogP contribution in [0.15, 0.2) is 0 Å². The molecule has 1 saturated carbocycles. The molecule has 1 saturated heterocycles. The second kappa shape index (κ2) is 4.94. The van der Waals surface area contributed by atoms with Crippen LogP contribution in [-0.2, 0) is 9.53 Å². The minimum atomic E-state index is -0.133. The molecule has 1 aliphatic heterocycles. The van der Waals surface area contributed by atoms with Gasteiger partial charge in [-0.3, -0.25) is 4.79 Å². The molecule has 4 heteroatoms. The number of hydrogen-bond acceptors (Lipinski definition) is 3. The molecule has 4 nitrogen and oxygen atoms in total. The van der Waals surface area contributed by atoms with Crippen molar-refractivity contribution in [3.63, 3.8) is 0 Å². The van der Waals surface area contributed by atoms with E-state index in [0.717, 1.165) is 6.54 Å². The van der Waals surface area contributed by atoms with E-state index in [9.17, 15) is 4.79 Å². The van der Waals surface area contributed by atoms with Gasteiger partial charge in [-0.2, -0.15) is 0 Å². The van der Waals surface area contributed by atoms with Gasteiger partial charge >= 0.3 is 0 Å². The van der Waals surface area contributed by atoms with E-state index in [2.05, 4.69) is 5.32 Å². The van der Waals surface area contributed by atoms with E-state index < -0.39 is 0 Å². The SMILES string of the molecule is NC1COCC1C(=O)NCC1CCCC1. The summed E-state index contributed by atoms with van der Waals surface area (Å²) in [6, 6.07) is -0.117. The molecule has 15 heavy (non-hydrogen) atoms. The molecule has 3 N–H and O–H groups in total. The zero-order valence-corrected chi connectivity index (χ0v) is 9.08. The highest BCUT2D eigenvalue weighted by Crippen LogP contribution is 2.23. The zero-order chi connectivity index (χ0) is 10.7. The Bertz CT molecular complexity index is 227. The number of amides is 1. The van der Waals surface area contributed by atoms with E-state index in [0.29, 0.717) is 19.1 Å². The summed E-state index contributed by atoms with van der Waals surface area (Å²) in [4.78, 5) is 11.7. The molecule has 0 bridgehead atoms. The highest BCUT2D eigenvalue weighted by Gasteiger charge is 2.31. The summed E-state index contributed by atoms with van der Waals surface area (Å²) in [7, 11) is 0. The first-order valence-electron chi connectivity index (χ1n) is 5.88. The van der Waals surface area contributed by atoms with E-state index in [1.165, 1.54) is 25.7 Å². The van der Waals surface area contributed by atoms with Gasteiger partial charge in [-0.05, 0) is 18.8 Å². The monoisotopic (exact) mass is 212 g/mol. The highest BCUT2D eigenvalue weighted by atomic mass is 16.5. The van der Waals surface area contributed by atoms with Gasteiger partial charge in [0.15, 0.2) is 0 Å². The van der Waals surface area contributed by atoms with E-state index in [1.54, 1.807) is 0 Å². The Morgan fingerprint density at radius 2 is 2.07 bits per heavy atom.